The van der Waals surface area contributed by atoms with Gasteiger partial charge >= 0.3 is 0 Å². The molecule has 4 rings (SSSR count). The molecule has 0 amide bonds. The molecule has 0 unspecified atom stereocenters. The maximum atomic E-state index is 13.1. The van der Waals surface area contributed by atoms with Crippen molar-refractivity contribution < 1.29 is 9.84 Å². The lowest BCUT2D eigenvalue weighted by Gasteiger charge is -2.15. The van der Waals surface area contributed by atoms with E-state index in [0.29, 0.717) is 22.4 Å². The number of thiophene rings is 1. The average molecular weight is 419 g/mol. The van der Waals surface area contributed by atoms with Crippen LogP contribution in [-0.4, -0.2) is 27.4 Å². The molecule has 0 saturated carbocycles. The van der Waals surface area contributed by atoms with Gasteiger partial charge in [-0.2, -0.15) is 0 Å². The molecule has 2 aromatic carbocycles. The van der Waals surface area contributed by atoms with Crippen LogP contribution in [0, 0.1) is 0 Å². The molecule has 0 bridgehead atoms. The first kappa shape index (κ1) is 20.1. The highest BCUT2D eigenvalue weighted by molar-refractivity contribution is 7.17. The summed E-state index contributed by atoms with van der Waals surface area (Å²) in [5.74, 6) is 0.710. The van der Waals surface area contributed by atoms with Crippen molar-refractivity contribution in [3.05, 3.63) is 94.9 Å². The van der Waals surface area contributed by atoms with Crippen molar-refractivity contribution in [1.82, 2.24) is 9.55 Å². The smallest absolute Gasteiger partial charge is 0.262 e. The van der Waals surface area contributed by atoms with Crippen molar-refractivity contribution in [1.29, 1.82) is 0 Å². The van der Waals surface area contributed by atoms with Crippen LogP contribution >= 0.6 is 11.3 Å². The van der Waals surface area contributed by atoms with E-state index in [1.54, 1.807) is 0 Å². The zero-order valence-corrected chi connectivity index (χ0v) is 17.2. The fraction of sp³-hybridized carbons (Fsp3) is 0.167. The van der Waals surface area contributed by atoms with Crippen LogP contribution in [0.4, 0.5) is 0 Å². The van der Waals surface area contributed by atoms with Crippen molar-refractivity contribution in [2.24, 2.45) is 0 Å². The summed E-state index contributed by atoms with van der Waals surface area (Å²) in [7, 11) is 0. The number of allylic oxidation sites excluding steroid dienone is 1. The van der Waals surface area contributed by atoms with E-state index in [0.717, 1.165) is 16.7 Å². The van der Waals surface area contributed by atoms with Gasteiger partial charge in [0.15, 0.2) is 0 Å². The molecule has 0 fully saturated rings. The highest BCUT2D eigenvalue weighted by Gasteiger charge is 2.15. The molecule has 0 spiro atoms. The maximum absolute atomic E-state index is 13.1. The van der Waals surface area contributed by atoms with Gasteiger partial charge in [-0.15, -0.1) is 17.9 Å². The summed E-state index contributed by atoms with van der Waals surface area (Å²) in [6, 6.07) is 17.4. The second kappa shape index (κ2) is 9.07. The minimum atomic E-state index is -0.849. The Balaban J connectivity index is 1.53. The number of benzene rings is 2. The predicted molar refractivity (Wildman–Crippen MR) is 121 cm³/mol. The number of aliphatic hydroxyl groups is 1. The van der Waals surface area contributed by atoms with Crippen molar-refractivity contribution in [3.8, 4) is 16.9 Å². The summed E-state index contributed by atoms with van der Waals surface area (Å²) >= 11 is 1.44. The summed E-state index contributed by atoms with van der Waals surface area (Å²) in [5.41, 5.74) is 2.69. The fourth-order valence-electron chi connectivity index (χ4n) is 3.36. The van der Waals surface area contributed by atoms with E-state index < -0.39 is 6.10 Å². The first-order valence-electron chi connectivity index (χ1n) is 9.69. The Morgan fingerprint density at radius 1 is 1.17 bits per heavy atom. The van der Waals surface area contributed by atoms with Gasteiger partial charge in [0.05, 0.1) is 18.3 Å². The largest absolute Gasteiger partial charge is 0.491 e. The number of aliphatic hydroxyl groups excluding tert-OH is 1. The van der Waals surface area contributed by atoms with Crippen LogP contribution in [0.1, 0.15) is 5.56 Å². The third-order valence-electron chi connectivity index (χ3n) is 4.82. The number of aromatic nitrogens is 2. The average Bonchev–Trinajstić information content (AvgIpc) is 3.21. The molecule has 2 aromatic heterocycles. The van der Waals surface area contributed by atoms with Gasteiger partial charge in [0.2, 0.25) is 0 Å². The van der Waals surface area contributed by atoms with Gasteiger partial charge in [-0.05, 0) is 23.6 Å². The number of hydrogen-bond acceptors (Lipinski definition) is 5. The predicted octanol–water partition coefficient (Wildman–Crippen LogP) is 4.29. The third kappa shape index (κ3) is 4.20. The Kier molecular flexibility index (Phi) is 6.07. The van der Waals surface area contributed by atoms with Crippen LogP contribution in [0.2, 0.25) is 0 Å². The van der Waals surface area contributed by atoms with Crippen molar-refractivity contribution >= 4 is 21.6 Å². The van der Waals surface area contributed by atoms with Gasteiger partial charge in [-0.25, -0.2) is 4.98 Å². The number of rotatable bonds is 8. The molecule has 0 aliphatic carbocycles. The Morgan fingerprint density at radius 2 is 1.93 bits per heavy atom. The molecule has 4 aromatic rings. The SMILES string of the molecule is C=CCc1ccccc1OC[C@H](O)Cn1cnc2scc(-c3ccccc3)c2c1=O. The highest BCUT2D eigenvalue weighted by atomic mass is 32.1. The fourth-order valence-corrected chi connectivity index (χ4v) is 4.27. The van der Waals surface area contributed by atoms with Crippen LogP contribution in [0.5, 0.6) is 5.75 Å². The molecular formula is C24H22N2O3S. The Labute approximate surface area is 178 Å². The molecule has 0 aliphatic heterocycles. The van der Waals surface area contributed by atoms with E-state index >= 15 is 0 Å². The summed E-state index contributed by atoms with van der Waals surface area (Å²) in [5, 5.41) is 13.0. The normalized spacial score (nSPS) is 12.0. The molecular weight excluding hydrogens is 396 g/mol. The first-order valence-corrected chi connectivity index (χ1v) is 10.6. The molecule has 0 radical (unpaired) electrons. The lowest BCUT2D eigenvalue weighted by Crippen LogP contribution is -2.30. The number of para-hydroxylation sites is 1. The summed E-state index contributed by atoms with van der Waals surface area (Å²) in [6.45, 7) is 3.94. The van der Waals surface area contributed by atoms with Gasteiger partial charge < -0.3 is 9.84 Å². The topological polar surface area (TPSA) is 64.3 Å². The summed E-state index contributed by atoms with van der Waals surface area (Å²) in [4.78, 5) is 18.2. The maximum Gasteiger partial charge on any atom is 0.262 e. The van der Waals surface area contributed by atoms with E-state index in [2.05, 4.69) is 11.6 Å². The van der Waals surface area contributed by atoms with Crippen LogP contribution in [0.3, 0.4) is 0 Å². The van der Waals surface area contributed by atoms with Gasteiger partial charge in [0.1, 0.15) is 23.3 Å². The summed E-state index contributed by atoms with van der Waals surface area (Å²) in [6.07, 6.45) is 3.14. The molecule has 5 nitrogen and oxygen atoms in total. The van der Waals surface area contributed by atoms with E-state index in [4.69, 9.17) is 4.74 Å². The summed E-state index contributed by atoms with van der Waals surface area (Å²) < 4.78 is 7.25. The first-order chi connectivity index (χ1) is 14.7. The van der Waals surface area contributed by atoms with Gasteiger partial charge in [-0.3, -0.25) is 9.36 Å². The molecule has 2 heterocycles. The zero-order chi connectivity index (χ0) is 20.9. The van der Waals surface area contributed by atoms with Crippen molar-refractivity contribution in [2.45, 2.75) is 19.1 Å². The van der Waals surface area contributed by atoms with Crippen molar-refractivity contribution in [2.75, 3.05) is 6.61 Å². The number of hydrogen-bond donors (Lipinski definition) is 1. The van der Waals surface area contributed by atoms with Gasteiger partial charge in [-0.1, -0.05) is 54.6 Å². The number of fused-ring (bicyclic) bond motifs is 1. The molecule has 1 N–H and O–H groups in total. The van der Waals surface area contributed by atoms with Crippen LogP contribution in [0.25, 0.3) is 21.3 Å². The Hall–Kier alpha value is -3.22. The van der Waals surface area contributed by atoms with E-state index in [-0.39, 0.29) is 18.7 Å². The molecule has 1 atom stereocenters. The standard InChI is InChI=1S/C24H22N2O3S/c1-2-8-18-11-6-7-12-21(18)29-14-19(27)13-26-16-25-23-22(24(26)28)20(15-30-23)17-9-4-3-5-10-17/h2-7,9-12,15-16,19,27H,1,8,13-14H2/t19-/m1/s1. The Morgan fingerprint density at radius 3 is 2.73 bits per heavy atom. The van der Waals surface area contributed by atoms with Crippen molar-refractivity contribution in [3.63, 3.8) is 0 Å². The molecule has 30 heavy (non-hydrogen) atoms. The van der Waals surface area contributed by atoms with Gasteiger partial charge in [0, 0.05) is 10.9 Å². The second-order valence-electron chi connectivity index (χ2n) is 6.96. The molecule has 0 aliphatic rings. The number of nitrogens with zero attached hydrogens (tertiary/aromatic N) is 2. The Bertz CT molecular complexity index is 1210. The molecule has 6 heteroatoms. The minimum Gasteiger partial charge on any atom is -0.491 e. The lowest BCUT2D eigenvalue weighted by molar-refractivity contribution is 0.0911. The highest BCUT2D eigenvalue weighted by Crippen LogP contribution is 2.30. The number of ether oxygens (including phenoxy) is 1. The molecule has 0 saturated heterocycles. The van der Waals surface area contributed by atoms with Gasteiger partial charge in [0.25, 0.3) is 5.56 Å². The van der Waals surface area contributed by atoms with Crippen LogP contribution in [0.15, 0.2) is 83.8 Å². The van der Waals surface area contributed by atoms with E-state index in [1.165, 1.54) is 22.2 Å². The van der Waals surface area contributed by atoms with E-state index in [9.17, 15) is 9.90 Å². The van der Waals surface area contributed by atoms with E-state index in [1.807, 2.05) is 66.1 Å². The monoisotopic (exact) mass is 418 g/mol. The third-order valence-corrected chi connectivity index (χ3v) is 5.71. The zero-order valence-electron chi connectivity index (χ0n) is 16.4. The molecule has 152 valence electrons. The van der Waals surface area contributed by atoms with Crippen LogP contribution in [-0.2, 0) is 13.0 Å². The quantitative estimate of drug-likeness (QED) is 0.434. The second-order valence-corrected chi connectivity index (χ2v) is 7.82. The lowest BCUT2D eigenvalue weighted by atomic mass is 10.1. The minimum absolute atomic E-state index is 0.0772. The van der Waals surface area contributed by atoms with Crippen LogP contribution < -0.4 is 10.3 Å².